The van der Waals surface area contributed by atoms with Crippen molar-refractivity contribution in [3.05, 3.63) is 95.1 Å². The molecule has 2 aliphatic rings. The summed E-state index contributed by atoms with van der Waals surface area (Å²) in [6.45, 7) is 2.00. The third-order valence-electron chi connectivity index (χ3n) is 7.52. The first-order valence-electron chi connectivity index (χ1n) is 14.0. The number of benzene rings is 4. The smallest absolute Gasteiger partial charge is 0.261 e. The Labute approximate surface area is 275 Å². The predicted octanol–water partition coefficient (Wildman–Crippen LogP) is 4.86. The van der Waals surface area contributed by atoms with Crippen molar-refractivity contribution in [3.8, 4) is 0 Å². The lowest BCUT2D eigenvalue weighted by Gasteiger charge is -2.27. The number of amides is 4. The van der Waals surface area contributed by atoms with Gasteiger partial charge in [0.05, 0.1) is 13.2 Å². The van der Waals surface area contributed by atoms with Crippen LogP contribution in [0.5, 0.6) is 0 Å². The second-order valence-corrected chi connectivity index (χ2v) is 10.1. The minimum absolute atomic E-state index is 0. The van der Waals surface area contributed by atoms with E-state index in [2.05, 4.69) is 11.0 Å². The Kier molecular flexibility index (Phi) is 11.4. The van der Waals surface area contributed by atoms with Gasteiger partial charge in [0, 0.05) is 59.2 Å². The molecule has 0 saturated heterocycles. The highest BCUT2D eigenvalue weighted by molar-refractivity contribution is 8.93. The maximum Gasteiger partial charge on any atom is 0.261 e. The average molecular weight is 728 g/mol. The lowest BCUT2D eigenvalue weighted by molar-refractivity contribution is -0.0365. The number of hydrogen-bond acceptors (Lipinski definition) is 8. The number of hydroxylamine groups is 2. The van der Waals surface area contributed by atoms with E-state index >= 15 is 0 Å². The van der Waals surface area contributed by atoms with Gasteiger partial charge in [-0.1, -0.05) is 48.5 Å². The summed E-state index contributed by atoms with van der Waals surface area (Å²) in [6, 6.07) is 22.0. The van der Waals surface area contributed by atoms with Crippen LogP contribution in [0.2, 0.25) is 0 Å². The van der Waals surface area contributed by atoms with Crippen molar-refractivity contribution in [3.63, 3.8) is 0 Å². The van der Waals surface area contributed by atoms with Gasteiger partial charge in [-0.25, -0.2) is 11.0 Å². The van der Waals surface area contributed by atoms with Gasteiger partial charge in [0.25, 0.3) is 23.6 Å². The third-order valence-corrected chi connectivity index (χ3v) is 7.52. The van der Waals surface area contributed by atoms with Crippen molar-refractivity contribution < 1.29 is 28.9 Å². The van der Waals surface area contributed by atoms with Crippen molar-refractivity contribution in [1.82, 2.24) is 20.8 Å². The molecular formula is C32H32Br2N4O6. The van der Waals surface area contributed by atoms with Crippen LogP contribution < -0.4 is 11.0 Å². The largest absolute Gasteiger partial charge is 0.299 e. The molecule has 4 aromatic rings. The lowest BCUT2D eigenvalue weighted by Crippen LogP contribution is -2.41. The Morgan fingerprint density at radius 2 is 0.818 bits per heavy atom. The molecule has 2 aliphatic heterocycles. The molecule has 2 heterocycles. The third kappa shape index (κ3) is 6.46. The predicted molar refractivity (Wildman–Crippen MR) is 176 cm³/mol. The fourth-order valence-corrected chi connectivity index (χ4v) is 5.56. The molecule has 0 aliphatic carbocycles. The molecule has 0 bridgehead atoms. The zero-order chi connectivity index (χ0) is 29.1. The fourth-order valence-electron chi connectivity index (χ4n) is 5.56. The second-order valence-electron chi connectivity index (χ2n) is 10.1. The SMILES string of the molecule is Br.Br.O=C1c2cccc3cccc(c23)C(=O)N1CCCNOCCONCCCN1C(=O)c2cccc3cccc(c23)C1=O. The average Bonchev–Trinajstić information content (AvgIpc) is 3.01. The van der Waals surface area contributed by atoms with Gasteiger partial charge >= 0.3 is 0 Å². The molecular weight excluding hydrogens is 696 g/mol. The van der Waals surface area contributed by atoms with E-state index in [1.165, 1.54) is 9.80 Å². The van der Waals surface area contributed by atoms with Crippen molar-refractivity contribution in [2.75, 3.05) is 39.4 Å². The maximum atomic E-state index is 12.9. The van der Waals surface area contributed by atoms with E-state index in [1.54, 1.807) is 24.3 Å². The van der Waals surface area contributed by atoms with Crippen LogP contribution in [0.4, 0.5) is 0 Å². The molecule has 44 heavy (non-hydrogen) atoms. The van der Waals surface area contributed by atoms with Crippen LogP contribution >= 0.6 is 34.0 Å². The van der Waals surface area contributed by atoms with Gasteiger partial charge in [-0.3, -0.25) is 38.7 Å². The van der Waals surface area contributed by atoms with Crippen molar-refractivity contribution in [2.45, 2.75) is 12.8 Å². The Morgan fingerprint density at radius 1 is 0.500 bits per heavy atom. The van der Waals surface area contributed by atoms with Crippen molar-refractivity contribution in [2.24, 2.45) is 0 Å². The molecule has 4 aromatic carbocycles. The normalized spacial score (nSPS) is 13.8. The zero-order valence-corrected chi connectivity index (χ0v) is 27.2. The van der Waals surface area contributed by atoms with E-state index in [0.29, 0.717) is 48.2 Å². The molecule has 230 valence electrons. The van der Waals surface area contributed by atoms with E-state index < -0.39 is 0 Å². The highest BCUT2D eigenvalue weighted by Crippen LogP contribution is 2.31. The number of hydrogen-bond donors (Lipinski definition) is 2. The van der Waals surface area contributed by atoms with Gasteiger partial charge in [0.15, 0.2) is 0 Å². The first-order chi connectivity index (χ1) is 20.6. The Bertz CT molecular complexity index is 1490. The van der Waals surface area contributed by atoms with Gasteiger partial charge in [-0.2, -0.15) is 0 Å². The number of rotatable bonds is 13. The van der Waals surface area contributed by atoms with Crippen LogP contribution in [-0.4, -0.2) is 72.8 Å². The first kappa shape index (κ1) is 33.4. The zero-order valence-electron chi connectivity index (χ0n) is 23.7. The fraction of sp³-hybridized carbons (Fsp3) is 0.250. The Morgan fingerprint density at radius 3 is 1.14 bits per heavy atom. The molecule has 0 unspecified atom stereocenters. The lowest BCUT2D eigenvalue weighted by atomic mass is 9.94. The summed E-state index contributed by atoms with van der Waals surface area (Å²) in [7, 11) is 0. The Balaban J connectivity index is 0.00000221. The molecule has 2 N–H and O–H groups in total. The maximum absolute atomic E-state index is 12.9. The summed E-state index contributed by atoms with van der Waals surface area (Å²) >= 11 is 0. The van der Waals surface area contributed by atoms with Crippen LogP contribution in [0.25, 0.3) is 21.5 Å². The highest BCUT2D eigenvalue weighted by Gasteiger charge is 2.33. The summed E-state index contributed by atoms with van der Waals surface area (Å²) in [5.41, 5.74) is 7.85. The van der Waals surface area contributed by atoms with Gasteiger partial charge in [-0.05, 0) is 47.9 Å². The molecule has 0 fully saturated rings. The van der Waals surface area contributed by atoms with Gasteiger partial charge in [0.2, 0.25) is 0 Å². The molecule has 0 atom stereocenters. The highest BCUT2D eigenvalue weighted by atomic mass is 79.9. The van der Waals surface area contributed by atoms with Crippen LogP contribution in [-0.2, 0) is 9.68 Å². The summed E-state index contributed by atoms with van der Waals surface area (Å²) in [6.07, 6.45) is 1.06. The minimum Gasteiger partial charge on any atom is -0.299 e. The van der Waals surface area contributed by atoms with Gasteiger partial charge in [-0.15, -0.1) is 34.0 Å². The van der Waals surface area contributed by atoms with Crippen LogP contribution in [0, 0.1) is 0 Å². The number of halogens is 2. The standard InChI is InChI=1S/C32H30N4O6.2BrH/c37-29-23-11-1-7-21-8-2-12-24(27(21)23)30(38)35(29)17-5-15-33-41-19-20-42-34-16-6-18-36-31(39)25-13-3-9-22-10-4-14-26(28(22)25)32(36)40;;/h1-4,7-14,33-34H,5-6,15-20H2;2*1H. The minimum atomic E-state index is -0.277. The second kappa shape index (κ2) is 15.0. The van der Waals surface area contributed by atoms with E-state index in [4.69, 9.17) is 9.68 Å². The van der Waals surface area contributed by atoms with Crippen LogP contribution in [0.1, 0.15) is 54.3 Å². The number of nitrogens with zero attached hydrogens (tertiary/aromatic N) is 2. The number of imide groups is 2. The first-order valence-corrected chi connectivity index (χ1v) is 14.0. The molecule has 10 nitrogen and oxygen atoms in total. The quantitative estimate of drug-likeness (QED) is 0.114. The Hall–Kier alpha value is -3.52. The summed E-state index contributed by atoms with van der Waals surface area (Å²) in [5, 5.41) is 3.21. The van der Waals surface area contributed by atoms with Gasteiger partial charge < -0.3 is 0 Å². The molecule has 0 spiro atoms. The molecule has 0 aromatic heterocycles. The van der Waals surface area contributed by atoms with Crippen molar-refractivity contribution in [1.29, 1.82) is 0 Å². The topological polar surface area (TPSA) is 117 Å². The summed E-state index contributed by atoms with van der Waals surface area (Å²) < 4.78 is 0. The van der Waals surface area contributed by atoms with E-state index in [-0.39, 0.29) is 83.9 Å². The monoisotopic (exact) mass is 726 g/mol. The molecule has 4 amide bonds. The molecule has 6 rings (SSSR count). The van der Waals surface area contributed by atoms with Crippen LogP contribution in [0.3, 0.4) is 0 Å². The van der Waals surface area contributed by atoms with Crippen molar-refractivity contribution >= 4 is 79.1 Å². The van der Waals surface area contributed by atoms with E-state index in [1.807, 2.05) is 48.5 Å². The summed E-state index contributed by atoms with van der Waals surface area (Å²) in [4.78, 5) is 65.0. The van der Waals surface area contributed by atoms with E-state index in [0.717, 1.165) is 21.5 Å². The van der Waals surface area contributed by atoms with Gasteiger partial charge in [0.1, 0.15) is 0 Å². The molecule has 12 heteroatoms. The van der Waals surface area contributed by atoms with Crippen LogP contribution in [0.15, 0.2) is 72.8 Å². The number of carbonyl (C=O) groups is 4. The summed E-state index contributed by atoms with van der Waals surface area (Å²) in [5.74, 6) is -1.11. The molecule has 0 radical (unpaired) electrons. The number of nitrogens with one attached hydrogen (secondary N) is 2. The number of carbonyl (C=O) groups excluding carboxylic acids is 4. The molecule has 0 saturated carbocycles. The van der Waals surface area contributed by atoms with E-state index in [9.17, 15) is 19.2 Å².